The number of nitrogens with zero attached hydrogens (tertiary/aromatic N) is 3. The zero-order valence-corrected chi connectivity index (χ0v) is 14.9. The highest BCUT2D eigenvalue weighted by atomic mass is 19.1. The number of carbonyl (C=O) groups excluding carboxylic acids is 1. The molecule has 1 spiro atoms. The summed E-state index contributed by atoms with van der Waals surface area (Å²) in [6.07, 6.45) is 2.89. The number of nitrogens with one attached hydrogen (secondary N) is 1. The molecule has 2 fully saturated rings. The lowest BCUT2D eigenvalue weighted by Crippen LogP contribution is -2.45. The average molecular weight is 372 g/mol. The van der Waals surface area contributed by atoms with Gasteiger partial charge in [0.25, 0.3) is 5.91 Å². The predicted molar refractivity (Wildman–Crippen MR) is 95.7 cm³/mol. The maximum absolute atomic E-state index is 13.7. The average Bonchev–Trinajstić information content (AvgIpc) is 3.16. The number of hydrogen-bond donors (Lipinski definition) is 1. The molecule has 1 aromatic heterocycles. The van der Waals surface area contributed by atoms with Crippen LogP contribution in [0.3, 0.4) is 0 Å². The molecule has 0 saturated carbocycles. The molecule has 1 N–H and O–H groups in total. The van der Waals surface area contributed by atoms with Crippen LogP contribution < -0.4 is 10.2 Å². The number of carbonyl (C=O) groups is 1. The molecule has 2 aliphatic rings. The summed E-state index contributed by atoms with van der Waals surface area (Å²) in [5.74, 6) is -0.477. The molecule has 142 valence electrons. The van der Waals surface area contributed by atoms with Crippen molar-refractivity contribution in [3.63, 3.8) is 0 Å². The van der Waals surface area contributed by atoms with Gasteiger partial charge in [-0.25, -0.2) is 14.4 Å². The summed E-state index contributed by atoms with van der Waals surface area (Å²) in [7, 11) is 0. The fraction of sp³-hybridized carbons (Fsp3) is 0.421. The molecule has 0 unspecified atom stereocenters. The van der Waals surface area contributed by atoms with Gasteiger partial charge >= 0.3 is 0 Å². The number of piperidine rings is 1. The van der Waals surface area contributed by atoms with Gasteiger partial charge in [-0.2, -0.15) is 0 Å². The Kier molecular flexibility index (Phi) is 5.00. The van der Waals surface area contributed by atoms with Crippen molar-refractivity contribution in [3.8, 4) is 0 Å². The van der Waals surface area contributed by atoms with E-state index in [0.717, 1.165) is 25.9 Å². The molecule has 1 aromatic carbocycles. The zero-order chi connectivity index (χ0) is 18.7. The number of anilines is 1. The topological polar surface area (TPSA) is 76.6 Å². The molecule has 8 heteroatoms. The number of halogens is 1. The van der Waals surface area contributed by atoms with Crippen LogP contribution in [-0.2, 0) is 16.0 Å². The number of hydrogen-bond acceptors (Lipinski definition) is 6. The van der Waals surface area contributed by atoms with Crippen molar-refractivity contribution >= 4 is 11.7 Å². The molecule has 0 aliphatic carbocycles. The van der Waals surface area contributed by atoms with Gasteiger partial charge in [0.15, 0.2) is 5.79 Å². The molecular weight excluding hydrogens is 351 g/mol. The molecule has 2 saturated heterocycles. The number of amides is 1. The van der Waals surface area contributed by atoms with Crippen molar-refractivity contribution in [2.45, 2.75) is 25.2 Å². The van der Waals surface area contributed by atoms with E-state index in [9.17, 15) is 9.18 Å². The summed E-state index contributed by atoms with van der Waals surface area (Å²) in [6.45, 7) is 2.84. The van der Waals surface area contributed by atoms with Crippen LogP contribution in [0.4, 0.5) is 10.2 Å². The second-order valence-corrected chi connectivity index (χ2v) is 6.63. The summed E-state index contributed by atoms with van der Waals surface area (Å²) >= 11 is 0. The molecule has 0 bridgehead atoms. The first-order valence-electron chi connectivity index (χ1n) is 9.02. The highest BCUT2D eigenvalue weighted by Gasteiger charge is 2.40. The van der Waals surface area contributed by atoms with E-state index >= 15 is 0 Å². The molecule has 3 heterocycles. The van der Waals surface area contributed by atoms with E-state index in [1.807, 2.05) is 0 Å². The highest BCUT2D eigenvalue weighted by Crippen LogP contribution is 2.32. The molecule has 1 amide bonds. The van der Waals surface area contributed by atoms with Crippen LogP contribution in [0.2, 0.25) is 0 Å². The van der Waals surface area contributed by atoms with Crippen LogP contribution in [0.25, 0.3) is 0 Å². The first-order valence-corrected chi connectivity index (χ1v) is 9.02. The number of aromatic nitrogens is 2. The Bertz CT molecular complexity index is 816. The smallest absolute Gasteiger partial charge is 0.270 e. The van der Waals surface area contributed by atoms with E-state index in [1.54, 1.807) is 24.3 Å². The lowest BCUT2D eigenvalue weighted by Gasteiger charge is -2.38. The van der Waals surface area contributed by atoms with E-state index in [0.29, 0.717) is 24.6 Å². The lowest BCUT2D eigenvalue weighted by atomic mass is 10.0. The normalized spacial score (nSPS) is 18.6. The Morgan fingerprint density at radius 2 is 1.93 bits per heavy atom. The van der Waals surface area contributed by atoms with Crippen LogP contribution in [0.1, 0.15) is 28.9 Å². The van der Waals surface area contributed by atoms with Gasteiger partial charge in [0.05, 0.1) is 13.2 Å². The Balaban J connectivity index is 1.39. The summed E-state index contributed by atoms with van der Waals surface area (Å²) < 4.78 is 25.1. The standard InChI is InChI=1S/C19H21FN4O3/c20-15-4-2-1-3-14(15)12-21-18(25)16-11-17(23-13-22-16)24-7-5-19(6-8-24)26-9-10-27-19/h1-4,11,13H,5-10,12H2,(H,21,25). The van der Waals surface area contributed by atoms with E-state index < -0.39 is 5.79 Å². The minimum absolute atomic E-state index is 0.103. The number of rotatable bonds is 4. The lowest BCUT2D eigenvalue weighted by molar-refractivity contribution is -0.169. The van der Waals surface area contributed by atoms with E-state index in [2.05, 4.69) is 20.2 Å². The monoisotopic (exact) mass is 372 g/mol. The van der Waals surface area contributed by atoms with Crippen LogP contribution in [-0.4, -0.2) is 48.0 Å². The van der Waals surface area contributed by atoms with Crippen molar-refractivity contribution in [2.75, 3.05) is 31.2 Å². The van der Waals surface area contributed by atoms with Gasteiger partial charge in [-0.1, -0.05) is 18.2 Å². The molecule has 2 aliphatic heterocycles. The minimum atomic E-state index is -0.455. The third-order valence-corrected chi connectivity index (χ3v) is 4.95. The Hall–Kier alpha value is -2.58. The van der Waals surface area contributed by atoms with Gasteiger partial charge in [-0.15, -0.1) is 0 Å². The maximum atomic E-state index is 13.7. The van der Waals surface area contributed by atoms with Gasteiger partial charge in [0.2, 0.25) is 0 Å². The van der Waals surface area contributed by atoms with Gasteiger partial charge in [-0.05, 0) is 6.07 Å². The van der Waals surface area contributed by atoms with E-state index in [-0.39, 0.29) is 24.0 Å². The van der Waals surface area contributed by atoms with Crippen LogP contribution in [0.15, 0.2) is 36.7 Å². The van der Waals surface area contributed by atoms with Crippen molar-refractivity contribution in [2.24, 2.45) is 0 Å². The van der Waals surface area contributed by atoms with Gasteiger partial charge in [-0.3, -0.25) is 4.79 Å². The van der Waals surface area contributed by atoms with Gasteiger partial charge in [0.1, 0.15) is 23.7 Å². The summed E-state index contributed by atoms with van der Waals surface area (Å²) in [4.78, 5) is 22.8. The molecule has 27 heavy (non-hydrogen) atoms. The summed E-state index contributed by atoms with van der Waals surface area (Å²) in [6, 6.07) is 8.00. The molecule has 2 aromatic rings. The highest BCUT2D eigenvalue weighted by molar-refractivity contribution is 5.92. The molecular formula is C19H21FN4O3. The summed E-state index contributed by atoms with van der Waals surface area (Å²) in [5.41, 5.74) is 0.683. The first-order chi connectivity index (χ1) is 13.2. The molecule has 7 nitrogen and oxygen atoms in total. The molecule has 4 rings (SSSR count). The fourth-order valence-corrected chi connectivity index (χ4v) is 3.41. The van der Waals surface area contributed by atoms with Crippen molar-refractivity contribution in [3.05, 3.63) is 53.7 Å². The van der Waals surface area contributed by atoms with Crippen LogP contribution in [0, 0.1) is 5.82 Å². The zero-order valence-electron chi connectivity index (χ0n) is 14.9. The maximum Gasteiger partial charge on any atom is 0.270 e. The Morgan fingerprint density at radius 3 is 2.67 bits per heavy atom. The van der Waals surface area contributed by atoms with Crippen molar-refractivity contribution in [1.82, 2.24) is 15.3 Å². The molecule has 0 atom stereocenters. The third kappa shape index (κ3) is 3.91. The SMILES string of the molecule is O=C(NCc1ccccc1F)c1cc(N2CCC3(CC2)OCCO3)ncn1. The number of benzene rings is 1. The van der Waals surface area contributed by atoms with Gasteiger partial charge < -0.3 is 19.7 Å². The Labute approximate surface area is 156 Å². The van der Waals surface area contributed by atoms with Crippen LogP contribution in [0.5, 0.6) is 0 Å². The minimum Gasteiger partial charge on any atom is -0.356 e. The largest absolute Gasteiger partial charge is 0.356 e. The van der Waals surface area contributed by atoms with Gasteiger partial charge in [0, 0.05) is 44.1 Å². The second-order valence-electron chi connectivity index (χ2n) is 6.63. The summed E-state index contributed by atoms with van der Waals surface area (Å²) in [5, 5.41) is 2.70. The Morgan fingerprint density at radius 1 is 1.19 bits per heavy atom. The predicted octanol–water partition coefficient (Wildman–Crippen LogP) is 1.89. The van der Waals surface area contributed by atoms with E-state index in [1.165, 1.54) is 12.4 Å². The van der Waals surface area contributed by atoms with Crippen LogP contribution >= 0.6 is 0 Å². The van der Waals surface area contributed by atoms with Crippen molar-refractivity contribution in [1.29, 1.82) is 0 Å². The first kappa shape index (κ1) is 17.8. The quantitative estimate of drug-likeness (QED) is 0.883. The van der Waals surface area contributed by atoms with E-state index in [4.69, 9.17) is 9.47 Å². The fourth-order valence-electron chi connectivity index (χ4n) is 3.41. The molecule has 0 radical (unpaired) electrons. The van der Waals surface area contributed by atoms with Crippen molar-refractivity contribution < 1.29 is 18.7 Å². The second kappa shape index (κ2) is 7.58. The third-order valence-electron chi connectivity index (χ3n) is 4.95. The number of ether oxygens (including phenoxy) is 2.